The minimum absolute atomic E-state index is 0.175. The number of hydrogen-bond donors (Lipinski definition) is 0. The molecule has 1 fully saturated rings. The summed E-state index contributed by atoms with van der Waals surface area (Å²) in [6.45, 7) is 5.13. The maximum Gasteiger partial charge on any atom is 0.409 e. The zero-order valence-electron chi connectivity index (χ0n) is 8.75. The number of nitrogens with zero attached hydrogens (tertiary/aromatic N) is 1. The molecule has 0 aromatic rings. The van der Waals surface area contributed by atoms with Crippen molar-refractivity contribution in [2.24, 2.45) is 5.92 Å². The van der Waals surface area contributed by atoms with Gasteiger partial charge in [0.1, 0.15) is 0 Å². The lowest BCUT2D eigenvalue weighted by Gasteiger charge is -2.36. The van der Waals surface area contributed by atoms with Crippen LogP contribution in [0.4, 0.5) is 4.79 Å². The number of methoxy groups -OCH3 is 1. The smallest absolute Gasteiger partial charge is 0.409 e. The van der Waals surface area contributed by atoms with Gasteiger partial charge in [-0.25, -0.2) is 4.79 Å². The number of hydrogen-bond acceptors (Lipinski definition) is 2. The molecule has 3 nitrogen and oxygen atoms in total. The van der Waals surface area contributed by atoms with Gasteiger partial charge < -0.3 is 9.64 Å². The summed E-state index contributed by atoms with van der Waals surface area (Å²) < 4.78 is 4.74. The van der Waals surface area contributed by atoms with Gasteiger partial charge in [-0.15, -0.1) is 0 Å². The van der Waals surface area contributed by atoms with E-state index >= 15 is 0 Å². The van der Waals surface area contributed by atoms with E-state index in [1.54, 1.807) is 0 Å². The molecular formula is C10H19NO2. The molecule has 0 unspecified atom stereocenters. The van der Waals surface area contributed by atoms with Gasteiger partial charge in [-0.1, -0.05) is 13.3 Å². The van der Waals surface area contributed by atoms with Crippen LogP contribution in [0.5, 0.6) is 0 Å². The monoisotopic (exact) mass is 185 g/mol. The van der Waals surface area contributed by atoms with Crippen LogP contribution in [-0.2, 0) is 4.74 Å². The highest BCUT2D eigenvalue weighted by atomic mass is 16.5. The summed E-state index contributed by atoms with van der Waals surface area (Å²) >= 11 is 0. The molecule has 2 atom stereocenters. The number of carbonyl (C=O) groups excluding carboxylic acids is 1. The molecule has 1 aliphatic heterocycles. The van der Waals surface area contributed by atoms with Crippen molar-refractivity contribution in [1.29, 1.82) is 0 Å². The van der Waals surface area contributed by atoms with Crippen molar-refractivity contribution >= 4 is 6.09 Å². The molecule has 1 heterocycles. The van der Waals surface area contributed by atoms with Gasteiger partial charge in [-0.05, 0) is 25.7 Å². The standard InChI is InChI=1S/C10H19NO2/c1-4-9-6-5-8(2)11(7-9)10(12)13-3/h8-9H,4-7H2,1-3H3/t8-,9+/m1/s1. The molecule has 76 valence electrons. The number of piperidine rings is 1. The molecule has 0 aromatic carbocycles. The molecule has 3 heteroatoms. The van der Waals surface area contributed by atoms with Gasteiger partial charge in [0, 0.05) is 12.6 Å². The van der Waals surface area contributed by atoms with Crippen LogP contribution in [0, 0.1) is 5.92 Å². The Hall–Kier alpha value is -0.730. The minimum Gasteiger partial charge on any atom is -0.453 e. The zero-order valence-corrected chi connectivity index (χ0v) is 8.75. The molecule has 1 amide bonds. The van der Waals surface area contributed by atoms with Gasteiger partial charge in [-0.2, -0.15) is 0 Å². The van der Waals surface area contributed by atoms with E-state index < -0.39 is 0 Å². The maximum absolute atomic E-state index is 11.3. The molecule has 1 saturated heterocycles. The first-order chi connectivity index (χ1) is 6.19. The van der Waals surface area contributed by atoms with Gasteiger partial charge in [0.25, 0.3) is 0 Å². The van der Waals surface area contributed by atoms with Gasteiger partial charge >= 0.3 is 6.09 Å². The number of ether oxygens (including phenoxy) is 1. The van der Waals surface area contributed by atoms with E-state index in [1.165, 1.54) is 13.5 Å². The topological polar surface area (TPSA) is 29.5 Å². The fourth-order valence-electron chi connectivity index (χ4n) is 1.89. The maximum atomic E-state index is 11.3. The summed E-state index contributed by atoms with van der Waals surface area (Å²) in [5.41, 5.74) is 0. The van der Waals surface area contributed by atoms with Crippen LogP contribution in [0.2, 0.25) is 0 Å². The Bertz CT molecular complexity index is 182. The van der Waals surface area contributed by atoms with E-state index in [1.807, 2.05) is 4.90 Å². The second-order valence-electron chi connectivity index (χ2n) is 3.82. The third-order valence-corrected chi connectivity index (χ3v) is 2.97. The van der Waals surface area contributed by atoms with E-state index in [2.05, 4.69) is 13.8 Å². The third-order valence-electron chi connectivity index (χ3n) is 2.97. The first-order valence-electron chi connectivity index (χ1n) is 5.03. The van der Waals surface area contributed by atoms with E-state index in [-0.39, 0.29) is 6.09 Å². The van der Waals surface area contributed by atoms with Gasteiger partial charge in [-0.3, -0.25) is 0 Å². The van der Waals surface area contributed by atoms with Crippen molar-refractivity contribution in [1.82, 2.24) is 4.90 Å². The molecule has 1 rings (SSSR count). The van der Waals surface area contributed by atoms with Crippen molar-refractivity contribution in [2.75, 3.05) is 13.7 Å². The van der Waals surface area contributed by atoms with Crippen LogP contribution >= 0.6 is 0 Å². The van der Waals surface area contributed by atoms with Crippen LogP contribution in [-0.4, -0.2) is 30.7 Å². The summed E-state index contributed by atoms with van der Waals surface area (Å²) in [5.74, 6) is 0.662. The van der Waals surface area contributed by atoms with E-state index in [4.69, 9.17) is 4.74 Å². The summed E-state index contributed by atoms with van der Waals surface area (Å²) in [7, 11) is 1.45. The second kappa shape index (κ2) is 4.49. The van der Waals surface area contributed by atoms with Crippen molar-refractivity contribution in [3.8, 4) is 0 Å². The molecule has 13 heavy (non-hydrogen) atoms. The largest absolute Gasteiger partial charge is 0.453 e. The first-order valence-corrected chi connectivity index (χ1v) is 5.03. The predicted molar refractivity (Wildman–Crippen MR) is 51.6 cm³/mol. The lowest BCUT2D eigenvalue weighted by Crippen LogP contribution is -2.45. The van der Waals surface area contributed by atoms with Crippen molar-refractivity contribution in [3.63, 3.8) is 0 Å². The number of rotatable bonds is 1. The first kappa shape index (κ1) is 10.4. The number of amides is 1. The highest BCUT2D eigenvalue weighted by Gasteiger charge is 2.28. The third kappa shape index (κ3) is 2.36. The molecule has 0 aromatic heterocycles. The second-order valence-corrected chi connectivity index (χ2v) is 3.82. The van der Waals surface area contributed by atoms with E-state index in [0.717, 1.165) is 19.4 Å². The van der Waals surface area contributed by atoms with Crippen LogP contribution in [0.25, 0.3) is 0 Å². The predicted octanol–water partition coefficient (Wildman–Crippen LogP) is 2.26. The lowest BCUT2D eigenvalue weighted by atomic mass is 9.92. The lowest BCUT2D eigenvalue weighted by molar-refractivity contribution is 0.0772. The van der Waals surface area contributed by atoms with Crippen molar-refractivity contribution in [3.05, 3.63) is 0 Å². The SMILES string of the molecule is CC[C@H]1CC[C@@H](C)N(C(=O)OC)C1. The Morgan fingerprint density at radius 3 is 2.77 bits per heavy atom. The van der Waals surface area contributed by atoms with Gasteiger partial charge in [0.05, 0.1) is 7.11 Å². The Morgan fingerprint density at radius 1 is 1.54 bits per heavy atom. The van der Waals surface area contributed by atoms with Crippen molar-refractivity contribution in [2.45, 2.75) is 39.2 Å². The Balaban J connectivity index is 2.54. The summed E-state index contributed by atoms with van der Waals surface area (Å²) in [5, 5.41) is 0. The Morgan fingerprint density at radius 2 is 2.23 bits per heavy atom. The van der Waals surface area contributed by atoms with Crippen LogP contribution in [0.1, 0.15) is 33.1 Å². The molecule has 0 N–H and O–H groups in total. The highest BCUT2D eigenvalue weighted by Crippen LogP contribution is 2.24. The summed E-state index contributed by atoms with van der Waals surface area (Å²) in [6.07, 6.45) is 3.32. The summed E-state index contributed by atoms with van der Waals surface area (Å²) in [6, 6.07) is 0.343. The minimum atomic E-state index is -0.175. The molecule has 0 bridgehead atoms. The van der Waals surface area contributed by atoms with E-state index in [9.17, 15) is 4.79 Å². The molecule has 0 saturated carbocycles. The van der Waals surface area contributed by atoms with Gasteiger partial charge in [0.15, 0.2) is 0 Å². The number of carbonyl (C=O) groups is 1. The fourth-order valence-corrected chi connectivity index (χ4v) is 1.89. The van der Waals surface area contributed by atoms with E-state index in [0.29, 0.717) is 12.0 Å². The molecule has 1 aliphatic rings. The number of likely N-dealkylation sites (tertiary alicyclic amines) is 1. The quantitative estimate of drug-likeness (QED) is 0.627. The fraction of sp³-hybridized carbons (Fsp3) is 0.900. The van der Waals surface area contributed by atoms with Crippen molar-refractivity contribution < 1.29 is 9.53 Å². The normalized spacial score (nSPS) is 28.7. The molecular weight excluding hydrogens is 166 g/mol. The average Bonchev–Trinajstić information content (AvgIpc) is 2.17. The Labute approximate surface area is 80.1 Å². The van der Waals surface area contributed by atoms with Gasteiger partial charge in [0.2, 0.25) is 0 Å². The summed E-state index contributed by atoms with van der Waals surface area (Å²) in [4.78, 5) is 13.2. The zero-order chi connectivity index (χ0) is 9.84. The van der Waals surface area contributed by atoms with Crippen LogP contribution in [0.3, 0.4) is 0 Å². The molecule has 0 spiro atoms. The highest BCUT2D eigenvalue weighted by molar-refractivity contribution is 5.67. The molecule has 0 radical (unpaired) electrons. The molecule has 0 aliphatic carbocycles. The van der Waals surface area contributed by atoms with Crippen LogP contribution in [0.15, 0.2) is 0 Å². The van der Waals surface area contributed by atoms with Crippen LogP contribution < -0.4 is 0 Å². The average molecular weight is 185 g/mol. The Kier molecular flexibility index (Phi) is 3.58.